The molecule has 20 heavy (non-hydrogen) atoms. The highest BCUT2D eigenvalue weighted by atomic mass is 35.5. The van der Waals surface area contributed by atoms with E-state index in [4.69, 9.17) is 10.5 Å². The van der Waals surface area contributed by atoms with E-state index in [0.717, 1.165) is 12.8 Å². The highest BCUT2D eigenvalue weighted by Crippen LogP contribution is 2.23. The lowest BCUT2D eigenvalue weighted by atomic mass is 9.99. The van der Waals surface area contributed by atoms with Crippen LogP contribution in [0.15, 0.2) is 0 Å². The first-order valence-corrected chi connectivity index (χ1v) is 8.44. The molecule has 8 heteroatoms. The summed E-state index contributed by atoms with van der Waals surface area (Å²) in [4.78, 5) is 0. The molecule has 2 heterocycles. The van der Waals surface area contributed by atoms with E-state index in [0.29, 0.717) is 38.6 Å². The standard InChI is InChI=1S/C12H25N3O3S.ClH/c1-10-8-15(9-11(2)18-10)19(16,17)14-5-3-12(7-13)4-6-14;/h10-12H,3-9,13H2,1-2H3;1H. The molecule has 0 spiro atoms. The van der Waals surface area contributed by atoms with Crippen LogP contribution in [0.5, 0.6) is 0 Å². The van der Waals surface area contributed by atoms with Crippen LogP contribution in [0.3, 0.4) is 0 Å². The summed E-state index contributed by atoms with van der Waals surface area (Å²) < 4.78 is 33.9. The maximum absolute atomic E-state index is 12.6. The molecule has 0 bridgehead atoms. The average molecular weight is 328 g/mol. The molecule has 2 aliphatic rings. The summed E-state index contributed by atoms with van der Waals surface area (Å²) in [5, 5.41) is 0. The molecule has 2 unspecified atom stereocenters. The van der Waals surface area contributed by atoms with Gasteiger partial charge in [0.1, 0.15) is 0 Å². The van der Waals surface area contributed by atoms with Gasteiger partial charge in [0.15, 0.2) is 0 Å². The largest absolute Gasteiger partial charge is 0.373 e. The second kappa shape index (κ2) is 7.38. The van der Waals surface area contributed by atoms with Gasteiger partial charge in [0, 0.05) is 26.2 Å². The van der Waals surface area contributed by atoms with E-state index < -0.39 is 10.2 Å². The van der Waals surface area contributed by atoms with Gasteiger partial charge in [-0.2, -0.15) is 17.0 Å². The minimum absolute atomic E-state index is 0. The number of hydrogen-bond donors (Lipinski definition) is 1. The Morgan fingerprint density at radius 1 is 1.10 bits per heavy atom. The maximum Gasteiger partial charge on any atom is 0.282 e. The van der Waals surface area contributed by atoms with Crippen LogP contribution in [-0.4, -0.2) is 62.0 Å². The number of nitrogens with two attached hydrogens (primary N) is 1. The summed E-state index contributed by atoms with van der Waals surface area (Å²) in [7, 11) is -3.34. The first kappa shape index (κ1) is 18.1. The van der Waals surface area contributed by atoms with Crippen molar-refractivity contribution < 1.29 is 13.2 Å². The summed E-state index contributed by atoms with van der Waals surface area (Å²) in [5.74, 6) is 0.467. The maximum atomic E-state index is 12.6. The Balaban J connectivity index is 0.00000200. The highest BCUT2D eigenvalue weighted by Gasteiger charge is 2.36. The lowest BCUT2D eigenvalue weighted by Crippen LogP contribution is -2.54. The zero-order valence-electron chi connectivity index (χ0n) is 12.2. The molecule has 0 radical (unpaired) electrons. The third-order valence-electron chi connectivity index (χ3n) is 3.95. The van der Waals surface area contributed by atoms with Crippen molar-refractivity contribution in [2.24, 2.45) is 11.7 Å². The van der Waals surface area contributed by atoms with E-state index in [9.17, 15) is 8.42 Å². The number of nitrogens with zero attached hydrogens (tertiary/aromatic N) is 2. The second-order valence-electron chi connectivity index (χ2n) is 5.66. The van der Waals surface area contributed by atoms with Crippen LogP contribution < -0.4 is 5.73 Å². The van der Waals surface area contributed by atoms with Crippen molar-refractivity contribution >= 4 is 22.6 Å². The molecule has 0 aliphatic carbocycles. The zero-order valence-corrected chi connectivity index (χ0v) is 13.8. The van der Waals surface area contributed by atoms with Gasteiger partial charge in [0.05, 0.1) is 12.2 Å². The highest BCUT2D eigenvalue weighted by molar-refractivity contribution is 7.86. The van der Waals surface area contributed by atoms with Gasteiger partial charge in [-0.3, -0.25) is 0 Å². The van der Waals surface area contributed by atoms with Gasteiger partial charge in [0.2, 0.25) is 0 Å². The monoisotopic (exact) mass is 327 g/mol. The van der Waals surface area contributed by atoms with E-state index in [-0.39, 0.29) is 24.6 Å². The van der Waals surface area contributed by atoms with Gasteiger partial charge in [-0.25, -0.2) is 0 Å². The average Bonchev–Trinajstić information content (AvgIpc) is 2.37. The number of rotatable bonds is 3. The predicted molar refractivity (Wildman–Crippen MR) is 81.1 cm³/mol. The van der Waals surface area contributed by atoms with Crippen molar-refractivity contribution in [1.29, 1.82) is 0 Å². The van der Waals surface area contributed by atoms with E-state index in [1.165, 1.54) is 0 Å². The second-order valence-corrected chi connectivity index (χ2v) is 7.59. The fraction of sp³-hybridized carbons (Fsp3) is 1.00. The Labute approximate surface area is 128 Å². The van der Waals surface area contributed by atoms with Gasteiger partial charge in [0.25, 0.3) is 10.2 Å². The van der Waals surface area contributed by atoms with Crippen molar-refractivity contribution in [3.05, 3.63) is 0 Å². The lowest BCUT2D eigenvalue weighted by molar-refractivity contribution is -0.0456. The van der Waals surface area contributed by atoms with Crippen LogP contribution in [0.2, 0.25) is 0 Å². The van der Waals surface area contributed by atoms with Gasteiger partial charge in [-0.15, -0.1) is 12.4 Å². The summed E-state index contributed by atoms with van der Waals surface area (Å²) in [5.41, 5.74) is 5.64. The molecule has 0 aromatic carbocycles. The molecule has 2 N–H and O–H groups in total. The molecule has 6 nitrogen and oxygen atoms in total. The first-order chi connectivity index (χ1) is 8.93. The van der Waals surface area contributed by atoms with Crippen LogP contribution >= 0.6 is 12.4 Å². The molecule has 2 rings (SSSR count). The van der Waals surface area contributed by atoms with Gasteiger partial charge in [-0.1, -0.05) is 0 Å². The first-order valence-electron chi connectivity index (χ1n) is 7.04. The van der Waals surface area contributed by atoms with Crippen LogP contribution in [0, 0.1) is 5.92 Å². The molecule has 2 atom stereocenters. The Morgan fingerprint density at radius 2 is 1.60 bits per heavy atom. The molecular weight excluding hydrogens is 302 g/mol. The Bertz CT molecular complexity index is 389. The minimum atomic E-state index is -3.34. The number of morpholine rings is 1. The number of ether oxygens (including phenoxy) is 1. The molecule has 0 amide bonds. The molecule has 120 valence electrons. The summed E-state index contributed by atoms with van der Waals surface area (Å²) in [6.07, 6.45) is 1.65. The van der Waals surface area contributed by atoms with E-state index in [1.54, 1.807) is 8.61 Å². The minimum Gasteiger partial charge on any atom is -0.373 e. The fourth-order valence-electron chi connectivity index (χ4n) is 2.86. The summed E-state index contributed by atoms with van der Waals surface area (Å²) in [6, 6.07) is 0. The smallest absolute Gasteiger partial charge is 0.282 e. The molecule has 0 aromatic heterocycles. The van der Waals surface area contributed by atoms with Gasteiger partial charge < -0.3 is 10.5 Å². The van der Waals surface area contributed by atoms with Crippen molar-refractivity contribution in [3.63, 3.8) is 0 Å². The molecule has 0 aromatic rings. The van der Waals surface area contributed by atoms with Crippen molar-refractivity contribution in [3.8, 4) is 0 Å². The third-order valence-corrected chi connectivity index (χ3v) is 5.91. The third kappa shape index (κ3) is 4.05. The molecule has 2 saturated heterocycles. The van der Waals surface area contributed by atoms with E-state index in [2.05, 4.69) is 0 Å². The zero-order chi connectivity index (χ0) is 14.0. The normalized spacial score (nSPS) is 30.9. The summed E-state index contributed by atoms with van der Waals surface area (Å²) >= 11 is 0. The lowest BCUT2D eigenvalue weighted by Gasteiger charge is -2.39. The van der Waals surface area contributed by atoms with Crippen LogP contribution in [0.25, 0.3) is 0 Å². The van der Waals surface area contributed by atoms with Crippen LogP contribution in [-0.2, 0) is 14.9 Å². The van der Waals surface area contributed by atoms with E-state index in [1.807, 2.05) is 13.8 Å². The Kier molecular flexibility index (Phi) is 6.69. The van der Waals surface area contributed by atoms with Gasteiger partial charge in [-0.05, 0) is 39.2 Å². The molecule has 2 aliphatic heterocycles. The number of piperidine rings is 1. The Morgan fingerprint density at radius 3 is 2.05 bits per heavy atom. The van der Waals surface area contributed by atoms with E-state index >= 15 is 0 Å². The van der Waals surface area contributed by atoms with Crippen LogP contribution in [0.4, 0.5) is 0 Å². The van der Waals surface area contributed by atoms with Crippen molar-refractivity contribution in [2.45, 2.75) is 38.9 Å². The van der Waals surface area contributed by atoms with Crippen molar-refractivity contribution in [2.75, 3.05) is 32.7 Å². The quantitative estimate of drug-likeness (QED) is 0.815. The summed E-state index contributed by atoms with van der Waals surface area (Å²) in [6.45, 7) is 6.55. The predicted octanol–water partition coefficient (Wildman–Crippen LogP) is 0.433. The molecular formula is C12H26ClN3O3S. The molecule has 0 saturated carbocycles. The number of hydrogen-bond acceptors (Lipinski definition) is 4. The van der Waals surface area contributed by atoms with Crippen molar-refractivity contribution in [1.82, 2.24) is 8.61 Å². The van der Waals surface area contributed by atoms with Crippen LogP contribution in [0.1, 0.15) is 26.7 Å². The topological polar surface area (TPSA) is 75.9 Å². The Hall–Kier alpha value is 0.0800. The SMILES string of the molecule is CC1CN(S(=O)(=O)N2CCC(CN)CC2)CC(C)O1.Cl. The van der Waals surface area contributed by atoms with Gasteiger partial charge >= 0.3 is 0 Å². The molecule has 2 fully saturated rings. The fourth-order valence-corrected chi connectivity index (χ4v) is 4.65. The number of halogens is 1.